The van der Waals surface area contributed by atoms with Crippen molar-refractivity contribution in [1.29, 1.82) is 0 Å². The maximum atomic E-state index is 4.29. The second kappa shape index (κ2) is 8.01. The lowest BCUT2D eigenvalue weighted by Gasteiger charge is -2.03. The SMILES string of the molecule is C=Cc1c2c3ccccc3ccc2n2c1/c(=C(/C)CC(=C)/C=C\C=C/C)c1ccccc12. The Balaban J connectivity index is 1.93. The van der Waals surface area contributed by atoms with Crippen molar-refractivity contribution in [2.45, 2.75) is 20.3 Å². The highest BCUT2D eigenvalue weighted by atomic mass is 14.9. The number of hydrogen-bond acceptors (Lipinski definition) is 0. The van der Waals surface area contributed by atoms with E-state index in [-0.39, 0.29) is 0 Å². The number of rotatable bonds is 5. The van der Waals surface area contributed by atoms with E-state index in [1.807, 2.05) is 25.2 Å². The Morgan fingerprint density at radius 2 is 1.66 bits per heavy atom. The van der Waals surface area contributed by atoms with Gasteiger partial charge in [-0.15, -0.1) is 0 Å². The minimum absolute atomic E-state index is 0.830. The van der Waals surface area contributed by atoms with Crippen molar-refractivity contribution in [2.75, 3.05) is 0 Å². The van der Waals surface area contributed by atoms with E-state index in [0.717, 1.165) is 12.0 Å². The van der Waals surface area contributed by atoms with Gasteiger partial charge >= 0.3 is 0 Å². The molecular weight excluding hydrogens is 386 g/mol. The van der Waals surface area contributed by atoms with E-state index in [1.165, 1.54) is 54.5 Å². The lowest BCUT2D eigenvalue weighted by molar-refractivity contribution is 1.28. The van der Waals surface area contributed by atoms with Gasteiger partial charge in [0.25, 0.3) is 0 Å². The van der Waals surface area contributed by atoms with Gasteiger partial charge in [0.2, 0.25) is 0 Å². The zero-order chi connectivity index (χ0) is 22.2. The van der Waals surface area contributed by atoms with Gasteiger partial charge in [0.1, 0.15) is 0 Å². The molecule has 0 aliphatic heterocycles. The number of fused-ring (bicyclic) bond motifs is 7. The predicted octanol–water partition coefficient (Wildman–Crippen LogP) is 8.01. The van der Waals surface area contributed by atoms with Crippen LogP contribution in [0.4, 0.5) is 0 Å². The number of nitrogens with zero attached hydrogens (tertiary/aromatic N) is 1. The summed E-state index contributed by atoms with van der Waals surface area (Å²) in [6, 6.07) is 21.8. The Bertz CT molecular complexity index is 1640. The lowest BCUT2D eigenvalue weighted by atomic mass is 9.99. The molecule has 0 N–H and O–H groups in total. The van der Waals surface area contributed by atoms with Crippen LogP contribution in [-0.4, -0.2) is 4.40 Å². The van der Waals surface area contributed by atoms with Gasteiger partial charge < -0.3 is 4.40 Å². The summed E-state index contributed by atoms with van der Waals surface area (Å²) in [6.45, 7) is 12.8. The Labute approximate surface area is 189 Å². The molecule has 5 aromatic rings. The third kappa shape index (κ3) is 3.01. The Morgan fingerprint density at radius 3 is 2.44 bits per heavy atom. The van der Waals surface area contributed by atoms with Crippen molar-refractivity contribution in [3.05, 3.63) is 114 Å². The fraction of sp³-hybridized carbons (Fsp3) is 0.0968. The standard InChI is InChI=1S/C31H27N/c1-5-7-8-13-21(3)20-22(4)29-26-16-11-12-17-27(26)32-28-19-18-23-14-9-10-15-25(23)30(28)24(6-2)31(29)32/h5-19H,2-3,20H2,1,4H3/b7-5-,13-8-,29-22-. The van der Waals surface area contributed by atoms with Gasteiger partial charge in [0, 0.05) is 21.6 Å². The van der Waals surface area contributed by atoms with Gasteiger partial charge in [0.05, 0.1) is 16.6 Å². The Kier molecular flexibility index (Phi) is 5.03. The van der Waals surface area contributed by atoms with Crippen molar-refractivity contribution < 1.29 is 0 Å². The summed E-state index contributed by atoms with van der Waals surface area (Å²) >= 11 is 0. The fourth-order valence-corrected chi connectivity index (χ4v) is 5.01. The molecule has 1 nitrogen and oxygen atoms in total. The summed E-state index contributed by atoms with van der Waals surface area (Å²) in [7, 11) is 0. The molecule has 0 saturated carbocycles. The van der Waals surface area contributed by atoms with E-state index >= 15 is 0 Å². The maximum absolute atomic E-state index is 4.29. The van der Waals surface area contributed by atoms with Crippen LogP contribution < -0.4 is 5.22 Å². The third-order valence-electron chi connectivity index (χ3n) is 6.31. The largest absolute Gasteiger partial charge is 0.308 e. The number of para-hydroxylation sites is 1. The monoisotopic (exact) mass is 413 g/mol. The topological polar surface area (TPSA) is 4.41 Å². The van der Waals surface area contributed by atoms with Crippen molar-refractivity contribution in [2.24, 2.45) is 0 Å². The summed E-state index contributed by atoms with van der Waals surface area (Å²) < 4.78 is 2.42. The summed E-state index contributed by atoms with van der Waals surface area (Å²) in [5, 5.41) is 6.39. The van der Waals surface area contributed by atoms with Crippen LogP contribution in [0.25, 0.3) is 49.7 Å². The molecule has 0 spiro atoms. The van der Waals surface area contributed by atoms with E-state index in [4.69, 9.17) is 0 Å². The molecule has 0 aliphatic rings. The second-order valence-corrected chi connectivity index (χ2v) is 8.38. The smallest absolute Gasteiger partial charge is 0.0620 e. The van der Waals surface area contributed by atoms with Crippen LogP contribution in [0.3, 0.4) is 0 Å². The van der Waals surface area contributed by atoms with Crippen molar-refractivity contribution in [3.63, 3.8) is 0 Å². The molecule has 0 fully saturated rings. The highest BCUT2D eigenvalue weighted by Crippen LogP contribution is 2.36. The van der Waals surface area contributed by atoms with Gasteiger partial charge in [-0.25, -0.2) is 0 Å². The normalized spacial score (nSPS) is 13.3. The van der Waals surface area contributed by atoms with Gasteiger partial charge in [-0.05, 0) is 43.2 Å². The van der Waals surface area contributed by atoms with Crippen LogP contribution >= 0.6 is 0 Å². The molecule has 32 heavy (non-hydrogen) atoms. The first-order valence-electron chi connectivity index (χ1n) is 11.1. The van der Waals surface area contributed by atoms with Crippen LogP contribution in [0.1, 0.15) is 25.8 Å². The number of allylic oxidation sites excluding steroid dienone is 5. The van der Waals surface area contributed by atoms with Gasteiger partial charge in [0.15, 0.2) is 0 Å². The van der Waals surface area contributed by atoms with Crippen molar-refractivity contribution in [3.8, 4) is 0 Å². The molecular formula is C31H27N. The zero-order valence-corrected chi connectivity index (χ0v) is 18.7. The zero-order valence-electron chi connectivity index (χ0n) is 18.7. The number of aromatic nitrogens is 1. The highest BCUT2D eigenvalue weighted by molar-refractivity contribution is 6.16. The summed E-state index contributed by atoms with van der Waals surface area (Å²) in [5.74, 6) is 0. The highest BCUT2D eigenvalue weighted by Gasteiger charge is 2.19. The molecule has 5 rings (SSSR count). The van der Waals surface area contributed by atoms with Crippen LogP contribution in [0, 0.1) is 0 Å². The van der Waals surface area contributed by atoms with Crippen LogP contribution in [0.2, 0.25) is 0 Å². The van der Waals surface area contributed by atoms with E-state index in [9.17, 15) is 0 Å². The second-order valence-electron chi connectivity index (χ2n) is 8.38. The quantitative estimate of drug-likeness (QED) is 0.257. The molecule has 0 aliphatic carbocycles. The first-order valence-corrected chi connectivity index (χ1v) is 11.1. The average Bonchev–Trinajstić information content (AvgIpc) is 3.31. The molecule has 0 radical (unpaired) electrons. The van der Waals surface area contributed by atoms with E-state index in [1.54, 1.807) is 0 Å². The Hall–Kier alpha value is -3.84. The van der Waals surface area contributed by atoms with E-state index in [0.29, 0.717) is 0 Å². The predicted molar refractivity (Wildman–Crippen MR) is 142 cm³/mol. The van der Waals surface area contributed by atoms with Crippen LogP contribution in [-0.2, 0) is 0 Å². The molecule has 2 aromatic heterocycles. The minimum Gasteiger partial charge on any atom is -0.308 e. The van der Waals surface area contributed by atoms with Gasteiger partial charge in [-0.1, -0.05) is 103 Å². The van der Waals surface area contributed by atoms with Gasteiger partial charge in [-0.3, -0.25) is 0 Å². The van der Waals surface area contributed by atoms with Crippen LogP contribution in [0.15, 0.2) is 104 Å². The molecule has 2 heterocycles. The van der Waals surface area contributed by atoms with Crippen LogP contribution in [0.5, 0.6) is 0 Å². The molecule has 0 atom stereocenters. The molecule has 0 saturated heterocycles. The van der Waals surface area contributed by atoms with E-state index in [2.05, 4.69) is 97.3 Å². The molecule has 1 heteroatoms. The minimum atomic E-state index is 0.830. The molecule has 0 unspecified atom stereocenters. The lowest BCUT2D eigenvalue weighted by Crippen LogP contribution is -2.05. The fourth-order valence-electron chi connectivity index (χ4n) is 5.01. The van der Waals surface area contributed by atoms with Crippen molar-refractivity contribution >= 4 is 49.7 Å². The third-order valence-corrected chi connectivity index (χ3v) is 6.31. The average molecular weight is 414 g/mol. The van der Waals surface area contributed by atoms with E-state index < -0.39 is 0 Å². The molecule has 0 amide bonds. The first kappa shape index (κ1) is 20.1. The summed E-state index contributed by atoms with van der Waals surface area (Å²) in [4.78, 5) is 0. The number of hydrogen-bond donors (Lipinski definition) is 0. The molecule has 156 valence electrons. The Morgan fingerprint density at radius 1 is 0.906 bits per heavy atom. The summed E-state index contributed by atoms with van der Waals surface area (Å²) in [5.41, 5.74) is 7.34. The molecule has 3 aromatic carbocycles. The number of benzene rings is 3. The van der Waals surface area contributed by atoms with Crippen molar-refractivity contribution in [1.82, 2.24) is 4.40 Å². The first-order chi connectivity index (χ1) is 15.7. The maximum Gasteiger partial charge on any atom is 0.0620 e. The van der Waals surface area contributed by atoms with Gasteiger partial charge in [-0.2, -0.15) is 0 Å². The summed E-state index contributed by atoms with van der Waals surface area (Å²) in [6.07, 6.45) is 11.1. The molecule has 0 bridgehead atoms.